The molecule has 3 N–H and O–H groups in total. The minimum atomic E-state index is -0.503. The van der Waals surface area contributed by atoms with Gasteiger partial charge in [-0.25, -0.2) is 4.98 Å². The molecule has 2 heterocycles. The van der Waals surface area contributed by atoms with Gasteiger partial charge < -0.3 is 20.5 Å². The van der Waals surface area contributed by atoms with E-state index in [1.165, 1.54) is 11.3 Å². The summed E-state index contributed by atoms with van der Waals surface area (Å²) < 4.78 is 11.8. The Morgan fingerprint density at radius 2 is 1.93 bits per heavy atom. The average molecular weight is 412 g/mol. The van der Waals surface area contributed by atoms with Gasteiger partial charge in [-0.3, -0.25) is 4.79 Å². The molecule has 0 spiro atoms. The molecule has 8 heteroatoms. The van der Waals surface area contributed by atoms with Gasteiger partial charge in [0.25, 0.3) is 0 Å². The number of hydrogen-bond donors (Lipinski definition) is 2. The van der Waals surface area contributed by atoms with Crippen molar-refractivity contribution >= 4 is 39.8 Å². The number of nitrogen functional groups attached to an aromatic ring is 1. The van der Waals surface area contributed by atoms with E-state index in [4.69, 9.17) is 15.2 Å². The van der Waals surface area contributed by atoms with Crippen LogP contribution >= 0.6 is 23.1 Å². The number of fused-ring (bicyclic) bond motifs is 1. The first-order chi connectivity index (χ1) is 13.6. The molecule has 0 saturated heterocycles. The summed E-state index contributed by atoms with van der Waals surface area (Å²) in [7, 11) is 0. The van der Waals surface area contributed by atoms with Gasteiger partial charge in [-0.15, -0.1) is 0 Å². The van der Waals surface area contributed by atoms with Crippen LogP contribution < -0.4 is 20.5 Å². The smallest absolute Gasteiger partial charge is 0.236 e. The molecule has 0 bridgehead atoms. The summed E-state index contributed by atoms with van der Waals surface area (Å²) in [6.45, 7) is 0.228. The van der Waals surface area contributed by atoms with Crippen molar-refractivity contribution < 1.29 is 14.3 Å². The summed E-state index contributed by atoms with van der Waals surface area (Å²) in [5.41, 5.74) is 6.92. The highest BCUT2D eigenvalue weighted by Gasteiger charge is 2.52. The largest absolute Gasteiger partial charge is 0.454 e. The number of nitrogens with zero attached hydrogens (tertiary/aromatic N) is 1. The molecule has 2 aromatic carbocycles. The highest BCUT2D eigenvalue weighted by Crippen LogP contribution is 2.51. The molecule has 5 rings (SSSR count). The summed E-state index contributed by atoms with van der Waals surface area (Å²) in [5, 5.41) is 3.60. The summed E-state index contributed by atoms with van der Waals surface area (Å²) in [6.07, 6.45) is 3.41. The number of benzene rings is 2. The van der Waals surface area contributed by atoms with Crippen LogP contribution in [0.1, 0.15) is 18.4 Å². The van der Waals surface area contributed by atoms with Gasteiger partial charge in [0.05, 0.1) is 15.8 Å². The Bertz CT molecular complexity index is 1050. The first-order valence-electron chi connectivity index (χ1n) is 8.83. The maximum Gasteiger partial charge on any atom is 0.236 e. The minimum absolute atomic E-state index is 0.0234. The summed E-state index contributed by atoms with van der Waals surface area (Å²) in [6, 6.07) is 13.4. The third-order valence-electron chi connectivity index (χ3n) is 4.91. The number of hydrogen-bond acceptors (Lipinski definition) is 7. The highest BCUT2D eigenvalue weighted by molar-refractivity contribution is 8.01. The second-order valence-electron chi connectivity index (χ2n) is 6.76. The van der Waals surface area contributed by atoms with Crippen LogP contribution in [0.3, 0.4) is 0 Å². The van der Waals surface area contributed by atoms with Crippen LogP contribution in [-0.4, -0.2) is 17.7 Å². The van der Waals surface area contributed by atoms with Crippen molar-refractivity contribution in [2.75, 3.05) is 17.8 Å². The highest BCUT2D eigenvalue weighted by atomic mass is 32.2. The van der Waals surface area contributed by atoms with Crippen LogP contribution in [0.2, 0.25) is 0 Å². The molecule has 0 atom stereocenters. The Morgan fingerprint density at radius 1 is 1.14 bits per heavy atom. The van der Waals surface area contributed by atoms with E-state index in [1.54, 1.807) is 18.0 Å². The molecule has 3 aromatic rings. The first-order valence-corrected chi connectivity index (χ1v) is 10.5. The Labute approximate surface area is 170 Å². The van der Waals surface area contributed by atoms with E-state index in [0.29, 0.717) is 10.9 Å². The maximum atomic E-state index is 13.0. The standard InChI is InChI=1S/C20H17N3O3S2/c21-13-2-4-14(5-3-13)27-17-10-22-19(28-17)23-18(24)20(7-8-20)12-1-6-15-16(9-12)26-11-25-15/h1-6,9-10H,7-8,11,21H2,(H,22,23,24). The van der Waals surface area contributed by atoms with Gasteiger partial charge in [-0.2, -0.15) is 0 Å². The zero-order valence-corrected chi connectivity index (χ0v) is 16.4. The first kappa shape index (κ1) is 17.4. The monoisotopic (exact) mass is 411 g/mol. The quantitative estimate of drug-likeness (QED) is 0.610. The molecule has 6 nitrogen and oxygen atoms in total. The lowest BCUT2D eigenvalue weighted by Crippen LogP contribution is -2.27. The number of nitrogens with one attached hydrogen (secondary N) is 1. The molecule has 28 heavy (non-hydrogen) atoms. The van der Waals surface area contributed by atoms with E-state index < -0.39 is 5.41 Å². The number of ether oxygens (including phenoxy) is 2. The number of amides is 1. The molecule has 142 valence electrons. The number of carbonyl (C=O) groups is 1. The van der Waals surface area contributed by atoms with Crippen molar-refractivity contribution in [2.24, 2.45) is 0 Å². The molecular formula is C20H17N3O3S2. The second-order valence-corrected chi connectivity index (χ2v) is 9.16. The SMILES string of the molecule is Nc1ccc(Sc2cnc(NC(=O)C3(c4ccc5c(c4)OCO5)CC3)s2)cc1. The van der Waals surface area contributed by atoms with Crippen molar-refractivity contribution in [3.63, 3.8) is 0 Å². The van der Waals surface area contributed by atoms with Gasteiger partial charge in [0, 0.05) is 10.6 Å². The number of nitrogens with two attached hydrogens (primary N) is 1. The minimum Gasteiger partial charge on any atom is -0.454 e. The Balaban J connectivity index is 1.29. The van der Waals surface area contributed by atoms with Crippen LogP contribution in [0.15, 0.2) is 57.8 Å². The fourth-order valence-corrected chi connectivity index (χ4v) is 5.05. The van der Waals surface area contributed by atoms with E-state index in [0.717, 1.165) is 38.9 Å². The lowest BCUT2D eigenvalue weighted by atomic mass is 9.94. The van der Waals surface area contributed by atoms with Gasteiger partial charge >= 0.3 is 0 Å². The fourth-order valence-electron chi connectivity index (χ4n) is 3.20. The number of thiazole rings is 1. The van der Waals surface area contributed by atoms with Crippen molar-refractivity contribution in [1.82, 2.24) is 4.98 Å². The third-order valence-corrected chi connectivity index (χ3v) is 6.94. The predicted octanol–water partition coefficient (Wildman–Crippen LogP) is 4.28. The Kier molecular flexibility index (Phi) is 4.17. The summed E-state index contributed by atoms with van der Waals surface area (Å²) in [5.74, 6) is 1.40. The Hall–Kier alpha value is -2.71. The lowest BCUT2D eigenvalue weighted by Gasteiger charge is -2.15. The van der Waals surface area contributed by atoms with E-state index in [2.05, 4.69) is 10.3 Å². The molecule has 1 aromatic heterocycles. The van der Waals surface area contributed by atoms with E-state index in [9.17, 15) is 4.79 Å². The summed E-state index contributed by atoms with van der Waals surface area (Å²) in [4.78, 5) is 18.4. The number of anilines is 2. The normalized spacial score (nSPS) is 16.0. The zero-order chi connectivity index (χ0) is 19.1. The molecule has 1 aliphatic carbocycles. The van der Waals surface area contributed by atoms with Gasteiger partial charge in [0.15, 0.2) is 16.6 Å². The molecule has 0 radical (unpaired) electrons. The maximum absolute atomic E-state index is 13.0. The second kappa shape index (κ2) is 6.72. The zero-order valence-electron chi connectivity index (χ0n) is 14.8. The van der Waals surface area contributed by atoms with Crippen LogP contribution in [-0.2, 0) is 10.2 Å². The van der Waals surface area contributed by atoms with Gasteiger partial charge in [-0.05, 0) is 54.8 Å². The van der Waals surface area contributed by atoms with Gasteiger partial charge in [0.1, 0.15) is 0 Å². The number of aromatic nitrogens is 1. The molecule has 1 saturated carbocycles. The van der Waals surface area contributed by atoms with Crippen LogP contribution in [0.5, 0.6) is 11.5 Å². The molecule has 2 aliphatic rings. The topological polar surface area (TPSA) is 86.5 Å². The van der Waals surface area contributed by atoms with Crippen molar-refractivity contribution in [3.05, 3.63) is 54.2 Å². The number of rotatable bonds is 5. The molecule has 1 fully saturated rings. The molecule has 1 aliphatic heterocycles. The van der Waals surface area contributed by atoms with Gasteiger partial charge in [-0.1, -0.05) is 29.2 Å². The van der Waals surface area contributed by atoms with E-state index in [-0.39, 0.29) is 12.7 Å². The van der Waals surface area contributed by atoms with Crippen molar-refractivity contribution in [3.8, 4) is 11.5 Å². The summed E-state index contributed by atoms with van der Waals surface area (Å²) >= 11 is 3.06. The van der Waals surface area contributed by atoms with Gasteiger partial charge in [0.2, 0.25) is 12.7 Å². The van der Waals surface area contributed by atoms with Crippen LogP contribution in [0.25, 0.3) is 0 Å². The fraction of sp³-hybridized carbons (Fsp3) is 0.200. The Morgan fingerprint density at radius 3 is 2.71 bits per heavy atom. The van der Waals surface area contributed by atoms with E-state index in [1.807, 2.05) is 42.5 Å². The lowest BCUT2D eigenvalue weighted by molar-refractivity contribution is -0.118. The molecular weight excluding hydrogens is 394 g/mol. The van der Waals surface area contributed by atoms with Crippen molar-refractivity contribution in [2.45, 2.75) is 27.4 Å². The van der Waals surface area contributed by atoms with Crippen LogP contribution in [0, 0.1) is 0 Å². The molecule has 0 unspecified atom stereocenters. The average Bonchev–Trinajstić information content (AvgIpc) is 3.18. The molecule has 1 amide bonds. The van der Waals surface area contributed by atoms with Crippen molar-refractivity contribution in [1.29, 1.82) is 0 Å². The van der Waals surface area contributed by atoms with Crippen LogP contribution in [0.4, 0.5) is 10.8 Å². The van der Waals surface area contributed by atoms with E-state index >= 15 is 0 Å². The third kappa shape index (κ3) is 3.18. The number of carbonyl (C=O) groups excluding carboxylic acids is 1. The predicted molar refractivity (Wildman–Crippen MR) is 109 cm³/mol.